The molecule has 3 rings (SSSR count). The second-order valence-electron chi connectivity index (χ2n) is 6.42. The molecule has 0 radical (unpaired) electrons. The maximum absolute atomic E-state index is 10.1. The largest absolute Gasteiger partial charge is 0.394 e. The van der Waals surface area contributed by atoms with Crippen molar-refractivity contribution in [3.63, 3.8) is 0 Å². The van der Waals surface area contributed by atoms with Gasteiger partial charge in [0, 0.05) is 39.3 Å². The average molecular weight is 289 g/mol. The second-order valence-corrected chi connectivity index (χ2v) is 6.42. The topological polar surface area (TPSA) is 38.7 Å². The predicted molar refractivity (Wildman–Crippen MR) is 85.2 cm³/mol. The van der Waals surface area contributed by atoms with Crippen molar-refractivity contribution in [2.24, 2.45) is 0 Å². The SMILES string of the molecule is OCC1(N2CCNCC2)CCCN(Cc2ccccc2)C1. The minimum Gasteiger partial charge on any atom is -0.394 e. The zero-order valence-corrected chi connectivity index (χ0v) is 12.8. The van der Waals surface area contributed by atoms with Crippen LogP contribution in [0.3, 0.4) is 0 Å². The van der Waals surface area contributed by atoms with Crippen LogP contribution >= 0.6 is 0 Å². The summed E-state index contributed by atoms with van der Waals surface area (Å²) in [4.78, 5) is 5.03. The Labute approximate surface area is 127 Å². The number of rotatable bonds is 4. The molecule has 2 aliphatic rings. The third-order valence-corrected chi connectivity index (χ3v) is 4.97. The molecule has 2 heterocycles. The van der Waals surface area contributed by atoms with Crippen LogP contribution in [0.25, 0.3) is 0 Å². The highest BCUT2D eigenvalue weighted by Gasteiger charge is 2.40. The third-order valence-electron chi connectivity index (χ3n) is 4.97. The molecule has 1 unspecified atom stereocenters. The zero-order valence-electron chi connectivity index (χ0n) is 12.8. The molecule has 0 amide bonds. The molecule has 0 saturated carbocycles. The van der Waals surface area contributed by atoms with Gasteiger partial charge in [0.1, 0.15) is 0 Å². The van der Waals surface area contributed by atoms with Gasteiger partial charge in [0.05, 0.1) is 12.1 Å². The van der Waals surface area contributed by atoms with E-state index in [1.165, 1.54) is 12.0 Å². The smallest absolute Gasteiger partial charge is 0.0628 e. The van der Waals surface area contributed by atoms with Crippen molar-refractivity contribution in [2.75, 3.05) is 45.9 Å². The maximum Gasteiger partial charge on any atom is 0.0628 e. The lowest BCUT2D eigenvalue weighted by atomic mass is 9.87. The number of piperazine rings is 1. The first-order chi connectivity index (χ1) is 10.3. The molecular formula is C17H27N3O. The molecule has 2 fully saturated rings. The van der Waals surface area contributed by atoms with E-state index in [1.54, 1.807) is 0 Å². The van der Waals surface area contributed by atoms with Crippen LogP contribution in [0, 0.1) is 0 Å². The first-order valence-electron chi connectivity index (χ1n) is 8.15. The van der Waals surface area contributed by atoms with Gasteiger partial charge >= 0.3 is 0 Å². The van der Waals surface area contributed by atoms with Gasteiger partial charge in [0.2, 0.25) is 0 Å². The Balaban J connectivity index is 1.68. The predicted octanol–water partition coefficient (Wildman–Crippen LogP) is 0.919. The van der Waals surface area contributed by atoms with Gasteiger partial charge in [-0.2, -0.15) is 0 Å². The molecule has 2 aliphatic heterocycles. The number of aliphatic hydroxyl groups is 1. The van der Waals surface area contributed by atoms with E-state index < -0.39 is 0 Å². The van der Waals surface area contributed by atoms with E-state index in [0.29, 0.717) is 0 Å². The van der Waals surface area contributed by atoms with E-state index in [2.05, 4.69) is 45.4 Å². The lowest BCUT2D eigenvalue weighted by molar-refractivity contribution is -0.0349. The molecule has 2 saturated heterocycles. The lowest BCUT2D eigenvalue weighted by Crippen LogP contribution is -2.64. The van der Waals surface area contributed by atoms with Gasteiger partial charge in [0.15, 0.2) is 0 Å². The molecule has 4 heteroatoms. The Morgan fingerprint density at radius 1 is 1.10 bits per heavy atom. The van der Waals surface area contributed by atoms with E-state index >= 15 is 0 Å². The van der Waals surface area contributed by atoms with E-state index in [9.17, 15) is 5.11 Å². The Morgan fingerprint density at radius 3 is 2.57 bits per heavy atom. The summed E-state index contributed by atoms with van der Waals surface area (Å²) < 4.78 is 0. The van der Waals surface area contributed by atoms with Gasteiger partial charge in [-0.15, -0.1) is 0 Å². The van der Waals surface area contributed by atoms with Crippen LogP contribution in [0.4, 0.5) is 0 Å². The number of hydrogen-bond donors (Lipinski definition) is 2. The van der Waals surface area contributed by atoms with E-state index in [1.807, 2.05) is 0 Å². The first-order valence-corrected chi connectivity index (χ1v) is 8.15. The van der Waals surface area contributed by atoms with E-state index in [0.717, 1.165) is 52.2 Å². The number of hydrogen-bond acceptors (Lipinski definition) is 4. The van der Waals surface area contributed by atoms with Crippen molar-refractivity contribution >= 4 is 0 Å². The number of nitrogens with zero attached hydrogens (tertiary/aromatic N) is 2. The monoisotopic (exact) mass is 289 g/mol. The van der Waals surface area contributed by atoms with Gasteiger partial charge < -0.3 is 10.4 Å². The fraction of sp³-hybridized carbons (Fsp3) is 0.647. The van der Waals surface area contributed by atoms with Crippen LogP contribution in [-0.2, 0) is 6.54 Å². The van der Waals surface area contributed by atoms with Crippen LogP contribution < -0.4 is 5.32 Å². The van der Waals surface area contributed by atoms with Crippen molar-refractivity contribution in [2.45, 2.75) is 24.9 Å². The quantitative estimate of drug-likeness (QED) is 0.864. The summed E-state index contributed by atoms with van der Waals surface area (Å²) in [5.41, 5.74) is 1.33. The number of piperidine rings is 1. The molecule has 0 spiro atoms. The Bertz CT molecular complexity index is 433. The van der Waals surface area contributed by atoms with Crippen molar-refractivity contribution < 1.29 is 5.11 Å². The standard InChI is InChI=1S/C17H27N3O/c21-15-17(20-11-8-18-9-12-20)7-4-10-19(14-17)13-16-5-2-1-3-6-16/h1-3,5-6,18,21H,4,7-15H2. The van der Waals surface area contributed by atoms with Crippen LogP contribution in [0.2, 0.25) is 0 Å². The number of likely N-dealkylation sites (tertiary alicyclic amines) is 1. The normalized spacial score (nSPS) is 28.6. The van der Waals surface area contributed by atoms with Crippen molar-refractivity contribution in [3.05, 3.63) is 35.9 Å². The fourth-order valence-corrected chi connectivity index (χ4v) is 3.81. The van der Waals surface area contributed by atoms with Crippen molar-refractivity contribution in [3.8, 4) is 0 Å². The molecule has 0 aromatic heterocycles. The minimum atomic E-state index is -0.0326. The summed E-state index contributed by atoms with van der Waals surface area (Å²) in [5.74, 6) is 0. The highest BCUT2D eigenvalue weighted by molar-refractivity contribution is 5.15. The third kappa shape index (κ3) is 3.46. The highest BCUT2D eigenvalue weighted by Crippen LogP contribution is 2.28. The Kier molecular flexibility index (Phi) is 4.91. The molecule has 0 aliphatic carbocycles. The number of nitrogens with one attached hydrogen (secondary N) is 1. The van der Waals surface area contributed by atoms with Gasteiger partial charge in [-0.05, 0) is 24.9 Å². The number of benzene rings is 1. The molecule has 21 heavy (non-hydrogen) atoms. The maximum atomic E-state index is 10.1. The number of aliphatic hydroxyl groups excluding tert-OH is 1. The van der Waals surface area contributed by atoms with Crippen molar-refractivity contribution in [1.82, 2.24) is 15.1 Å². The second kappa shape index (κ2) is 6.88. The van der Waals surface area contributed by atoms with Gasteiger partial charge in [-0.3, -0.25) is 9.80 Å². The lowest BCUT2D eigenvalue weighted by Gasteiger charge is -2.50. The van der Waals surface area contributed by atoms with Crippen LogP contribution in [0.15, 0.2) is 30.3 Å². The van der Waals surface area contributed by atoms with Gasteiger partial charge in [-0.1, -0.05) is 30.3 Å². The molecular weight excluding hydrogens is 262 g/mol. The minimum absolute atomic E-state index is 0.0326. The summed E-state index contributed by atoms with van der Waals surface area (Å²) in [7, 11) is 0. The highest BCUT2D eigenvalue weighted by atomic mass is 16.3. The molecule has 2 N–H and O–H groups in total. The van der Waals surface area contributed by atoms with Crippen LogP contribution in [0.5, 0.6) is 0 Å². The average Bonchev–Trinajstić information content (AvgIpc) is 2.57. The zero-order chi connectivity index (χ0) is 14.5. The molecule has 1 aromatic rings. The fourth-order valence-electron chi connectivity index (χ4n) is 3.81. The molecule has 1 aromatic carbocycles. The van der Waals surface area contributed by atoms with E-state index in [-0.39, 0.29) is 12.1 Å². The van der Waals surface area contributed by atoms with Crippen LogP contribution in [0.1, 0.15) is 18.4 Å². The summed E-state index contributed by atoms with van der Waals surface area (Å²) in [6, 6.07) is 10.7. The Hall–Kier alpha value is -0.940. The Morgan fingerprint density at radius 2 is 1.86 bits per heavy atom. The summed E-state index contributed by atoms with van der Waals surface area (Å²) in [6.45, 7) is 7.59. The molecule has 0 bridgehead atoms. The van der Waals surface area contributed by atoms with Gasteiger partial charge in [-0.25, -0.2) is 0 Å². The first kappa shape index (κ1) is 15.0. The molecule has 1 atom stereocenters. The molecule has 4 nitrogen and oxygen atoms in total. The summed E-state index contributed by atoms with van der Waals surface area (Å²) in [6.07, 6.45) is 2.30. The van der Waals surface area contributed by atoms with Crippen molar-refractivity contribution in [1.29, 1.82) is 0 Å². The van der Waals surface area contributed by atoms with Crippen LogP contribution in [-0.4, -0.2) is 66.3 Å². The summed E-state index contributed by atoms with van der Waals surface area (Å²) >= 11 is 0. The van der Waals surface area contributed by atoms with E-state index in [4.69, 9.17) is 0 Å². The van der Waals surface area contributed by atoms with Gasteiger partial charge in [0.25, 0.3) is 0 Å². The molecule has 116 valence electrons. The summed E-state index contributed by atoms with van der Waals surface area (Å²) in [5, 5.41) is 13.5.